The number of likely N-dealkylation sites (tertiary alicyclic amines) is 1. The van der Waals surface area contributed by atoms with E-state index in [1.807, 2.05) is 18.2 Å². The molecule has 0 aromatic heterocycles. The van der Waals surface area contributed by atoms with Crippen LogP contribution >= 0.6 is 0 Å². The molecule has 1 saturated heterocycles. The maximum Gasteiger partial charge on any atom is 0.410 e. The summed E-state index contributed by atoms with van der Waals surface area (Å²) in [6, 6.07) is 10.2. The van der Waals surface area contributed by atoms with Crippen LogP contribution in [0.4, 0.5) is 18.4 Å². The first-order valence-corrected chi connectivity index (χ1v) is 11.5. The molecule has 1 unspecified atom stereocenters. The van der Waals surface area contributed by atoms with Crippen LogP contribution in [0.25, 0.3) is 0 Å². The highest BCUT2D eigenvalue weighted by atomic mass is 19.1. The molecule has 1 aliphatic heterocycles. The summed E-state index contributed by atoms with van der Waals surface area (Å²) < 4.78 is 42.7. The van der Waals surface area contributed by atoms with Gasteiger partial charge in [-0.25, -0.2) is 23.2 Å². The Morgan fingerprint density at radius 1 is 1.03 bits per heavy atom. The third kappa shape index (κ3) is 7.99. The van der Waals surface area contributed by atoms with Gasteiger partial charge in [0.25, 0.3) is 0 Å². The van der Waals surface area contributed by atoms with Crippen molar-refractivity contribution in [3.05, 3.63) is 71.3 Å². The van der Waals surface area contributed by atoms with Gasteiger partial charge in [-0.15, -0.1) is 0 Å². The first kappa shape index (κ1) is 27.6. The number of halogens is 2. The third-order valence-electron chi connectivity index (χ3n) is 5.35. The molecule has 2 aromatic rings. The van der Waals surface area contributed by atoms with E-state index >= 15 is 0 Å². The van der Waals surface area contributed by atoms with E-state index in [4.69, 9.17) is 14.2 Å². The Bertz CT molecular complexity index is 1150. The van der Waals surface area contributed by atoms with Crippen LogP contribution in [0.1, 0.15) is 36.7 Å². The number of ether oxygens (including phenoxy) is 3. The molecule has 3 rings (SSSR count). The molecule has 0 saturated carbocycles. The van der Waals surface area contributed by atoms with Gasteiger partial charge < -0.3 is 24.4 Å². The molecule has 11 heteroatoms. The van der Waals surface area contributed by atoms with Crippen molar-refractivity contribution in [3.8, 4) is 0 Å². The van der Waals surface area contributed by atoms with E-state index in [-0.39, 0.29) is 19.7 Å². The van der Waals surface area contributed by atoms with Crippen molar-refractivity contribution in [2.75, 3.05) is 19.7 Å². The maximum absolute atomic E-state index is 13.9. The normalized spacial score (nSPS) is 14.2. The van der Waals surface area contributed by atoms with Crippen molar-refractivity contribution in [3.63, 3.8) is 0 Å². The molecule has 0 radical (unpaired) electrons. The van der Waals surface area contributed by atoms with Crippen LogP contribution in [0.5, 0.6) is 0 Å². The lowest BCUT2D eigenvalue weighted by molar-refractivity contribution is -0.148. The van der Waals surface area contributed by atoms with E-state index in [1.54, 1.807) is 32.9 Å². The number of esters is 1. The first-order valence-electron chi connectivity index (χ1n) is 11.5. The van der Waals surface area contributed by atoms with E-state index in [0.29, 0.717) is 6.07 Å². The number of ketones is 1. The standard InChI is InChI=1S/C26H28F2N2O7/c1-26(2,3)37-24(33)29-22(23(32)35-15-21(31)19-11-18(27)9-10-20(19)28)17-12-30(13-17)25(34)36-14-16-7-5-4-6-8-16/h4-11,17,22H,12-15H2,1-3H3,(H,29,33). The van der Waals surface area contributed by atoms with Crippen molar-refractivity contribution in [1.82, 2.24) is 10.2 Å². The Morgan fingerprint density at radius 2 is 1.70 bits per heavy atom. The Balaban J connectivity index is 1.60. The molecule has 1 aliphatic rings. The summed E-state index contributed by atoms with van der Waals surface area (Å²) in [4.78, 5) is 51.1. The molecule has 2 amide bonds. The second-order valence-electron chi connectivity index (χ2n) is 9.48. The van der Waals surface area contributed by atoms with Crippen LogP contribution in [0.15, 0.2) is 48.5 Å². The number of amides is 2. The summed E-state index contributed by atoms with van der Waals surface area (Å²) in [6.45, 7) is 4.24. The van der Waals surface area contributed by atoms with Gasteiger partial charge >= 0.3 is 18.2 Å². The number of benzene rings is 2. The summed E-state index contributed by atoms with van der Waals surface area (Å²) in [5, 5.41) is 2.42. The lowest BCUT2D eigenvalue weighted by atomic mass is 9.92. The van der Waals surface area contributed by atoms with Crippen molar-refractivity contribution >= 4 is 23.9 Å². The lowest BCUT2D eigenvalue weighted by Gasteiger charge is -2.41. The fraction of sp³-hybridized carbons (Fsp3) is 0.385. The number of hydrogen-bond acceptors (Lipinski definition) is 7. The smallest absolute Gasteiger partial charge is 0.410 e. The van der Waals surface area contributed by atoms with Gasteiger partial charge in [0, 0.05) is 19.0 Å². The van der Waals surface area contributed by atoms with Crippen LogP contribution < -0.4 is 5.32 Å². The van der Waals surface area contributed by atoms with E-state index < -0.39 is 65.3 Å². The van der Waals surface area contributed by atoms with Gasteiger partial charge in [0.2, 0.25) is 5.78 Å². The summed E-state index contributed by atoms with van der Waals surface area (Å²) in [6.07, 6.45) is -1.50. The molecular formula is C26H28F2N2O7. The largest absolute Gasteiger partial charge is 0.456 e. The minimum absolute atomic E-state index is 0.0651. The number of carbonyl (C=O) groups is 4. The molecule has 1 heterocycles. The first-order chi connectivity index (χ1) is 17.4. The predicted octanol–water partition coefficient (Wildman–Crippen LogP) is 3.85. The molecule has 0 spiro atoms. The fourth-order valence-electron chi connectivity index (χ4n) is 3.50. The monoisotopic (exact) mass is 518 g/mol. The second kappa shape index (κ2) is 11.8. The van der Waals surface area contributed by atoms with Gasteiger partial charge in [-0.05, 0) is 44.5 Å². The average Bonchev–Trinajstić information content (AvgIpc) is 2.80. The lowest BCUT2D eigenvalue weighted by Crippen LogP contribution is -2.61. The molecule has 9 nitrogen and oxygen atoms in total. The zero-order valence-electron chi connectivity index (χ0n) is 20.7. The minimum Gasteiger partial charge on any atom is -0.456 e. The van der Waals surface area contributed by atoms with Crippen molar-refractivity contribution < 1.29 is 42.2 Å². The SMILES string of the molecule is CC(C)(C)OC(=O)NC(C(=O)OCC(=O)c1cc(F)ccc1F)C1CN(C(=O)OCc2ccccc2)C1. The van der Waals surface area contributed by atoms with E-state index in [0.717, 1.165) is 17.7 Å². The Kier molecular flexibility index (Phi) is 8.80. The zero-order valence-corrected chi connectivity index (χ0v) is 20.7. The van der Waals surface area contributed by atoms with Crippen LogP contribution in [-0.4, -0.2) is 60.2 Å². The highest BCUT2D eigenvalue weighted by Gasteiger charge is 2.42. The Morgan fingerprint density at radius 3 is 2.35 bits per heavy atom. The molecule has 37 heavy (non-hydrogen) atoms. The summed E-state index contributed by atoms with van der Waals surface area (Å²) in [5.41, 5.74) is -0.614. The van der Waals surface area contributed by atoms with E-state index in [1.165, 1.54) is 4.90 Å². The molecule has 0 aliphatic carbocycles. The van der Waals surface area contributed by atoms with Gasteiger partial charge in [0.15, 0.2) is 6.61 Å². The fourth-order valence-corrected chi connectivity index (χ4v) is 3.50. The number of rotatable bonds is 8. The van der Waals surface area contributed by atoms with E-state index in [9.17, 15) is 28.0 Å². The number of nitrogens with zero attached hydrogens (tertiary/aromatic N) is 1. The highest BCUT2D eigenvalue weighted by Crippen LogP contribution is 2.23. The molecule has 0 bridgehead atoms. The van der Waals surface area contributed by atoms with Crippen LogP contribution in [-0.2, 0) is 25.6 Å². The number of alkyl carbamates (subject to hydrolysis) is 1. The molecule has 1 atom stereocenters. The third-order valence-corrected chi connectivity index (χ3v) is 5.35. The molecular weight excluding hydrogens is 490 g/mol. The number of carbonyl (C=O) groups excluding carboxylic acids is 4. The topological polar surface area (TPSA) is 111 Å². The van der Waals surface area contributed by atoms with E-state index in [2.05, 4.69) is 5.32 Å². The Hall–Kier alpha value is -4.02. The van der Waals surface area contributed by atoms with Crippen molar-refractivity contribution in [2.45, 2.75) is 39.0 Å². The summed E-state index contributed by atoms with van der Waals surface area (Å²) in [5.74, 6) is -4.30. The predicted molar refractivity (Wildman–Crippen MR) is 126 cm³/mol. The second-order valence-corrected chi connectivity index (χ2v) is 9.48. The highest BCUT2D eigenvalue weighted by molar-refractivity contribution is 5.98. The molecule has 198 valence electrons. The van der Waals surface area contributed by atoms with Gasteiger partial charge in [0.05, 0.1) is 5.56 Å². The van der Waals surface area contributed by atoms with Crippen LogP contribution in [0.3, 0.4) is 0 Å². The number of Topliss-reactive ketones (excluding diaryl/α,β-unsaturated/α-hetero) is 1. The summed E-state index contributed by atoms with van der Waals surface area (Å²) in [7, 11) is 0. The van der Waals surface area contributed by atoms with Gasteiger partial charge in [0.1, 0.15) is 29.9 Å². The van der Waals surface area contributed by atoms with Gasteiger partial charge in [-0.1, -0.05) is 30.3 Å². The average molecular weight is 519 g/mol. The number of hydrogen-bond donors (Lipinski definition) is 1. The Labute approximate surface area is 212 Å². The van der Waals surface area contributed by atoms with Crippen molar-refractivity contribution in [2.24, 2.45) is 5.92 Å². The van der Waals surface area contributed by atoms with Crippen LogP contribution in [0, 0.1) is 17.6 Å². The minimum atomic E-state index is -1.27. The molecule has 1 N–H and O–H groups in total. The zero-order chi connectivity index (χ0) is 27.2. The van der Waals surface area contributed by atoms with Gasteiger partial charge in [-0.2, -0.15) is 0 Å². The molecule has 1 fully saturated rings. The van der Waals surface area contributed by atoms with Crippen LogP contribution in [0.2, 0.25) is 0 Å². The maximum atomic E-state index is 13.9. The number of nitrogens with one attached hydrogen (secondary N) is 1. The quantitative estimate of drug-likeness (QED) is 0.321. The summed E-state index contributed by atoms with van der Waals surface area (Å²) >= 11 is 0. The molecule has 2 aromatic carbocycles. The van der Waals surface area contributed by atoms with Gasteiger partial charge in [-0.3, -0.25) is 4.79 Å². The van der Waals surface area contributed by atoms with Crippen molar-refractivity contribution in [1.29, 1.82) is 0 Å².